The summed E-state index contributed by atoms with van der Waals surface area (Å²) >= 11 is 6.14. The Morgan fingerprint density at radius 2 is 1.93 bits per heavy atom. The van der Waals surface area contributed by atoms with E-state index in [4.69, 9.17) is 25.9 Å². The van der Waals surface area contributed by atoms with Gasteiger partial charge in [-0.3, -0.25) is 9.59 Å². The van der Waals surface area contributed by atoms with Crippen LogP contribution >= 0.6 is 11.6 Å². The summed E-state index contributed by atoms with van der Waals surface area (Å²) in [4.78, 5) is 28.8. The fraction of sp³-hybridized carbons (Fsp3) is 0.250. The second-order valence-electron chi connectivity index (χ2n) is 5.85. The molecule has 0 aromatic heterocycles. The maximum atomic E-state index is 12.2. The normalized spacial score (nSPS) is 11.8. The molecule has 0 aliphatic carbocycles. The number of rotatable bonds is 8. The van der Waals surface area contributed by atoms with Crippen LogP contribution in [0.4, 0.5) is 5.69 Å². The number of carbonyl (C=O) groups excluding carboxylic acids is 2. The van der Waals surface area contributed by atoms with Crippen LogP contribution in [-0.4, -0.2) is 38.2 Å². The lowest BCUT2D eigenvalue weighted by Crippen LogP contribution is -2.26. The third-order valence-corrected chi connectivity index (χ3v) is 4.06. The molecule has 148 valence electrons. The summed E-state index contributed by atoms with van der Waals surface area (Å²) in [7, 11) is 2.99. The van der Waals surface area contributed by atoms with Gasteiger partial charge in [-0.1, -0.05) is 28.9 Å². The second kappa shape index (κ2) is 9.75. The standard InChI is InChI=1S/C20H21ClN2O5/c1-12(24)15-6-5-7-16(10-15)23-20(25)13(2)28-22-11-14-8-17(21)19(27-4)18(9-14)26-3/h5-11,13H,1-4H3,(H,23,25)/b22-11+. The molecule has 1 atom stereocenters. The molecule has 1 N–H and O–H groups in total. The Labute approximate surface area is 168 Å². The number of oxime groups is 1. The molecular formula is C20H21ClN2O5. The molecule has 0 aliphatic heterocycles. The van der Waals surface area contributed by atoms with Gasteiger partial charge in [0, 0.05) is 16.8 Å². The van der Waals surface area contributed by atoms with Crippen molar-refractivity contribution in [1.82, 2.24) is 0 Å². The topological polar surface area (TPSA) is 86.2 Å². The maximum absolute atomic E-state index is 12.2. The van der Waals surface area contributed by atoms with Crippen LogP contribution in [-0.2, 0) is 9.63 Å². The molecule has 2 rings (SSSR count). The fourth-order valence-corrected chi connectivity index (χ4v) is 2.60. The van der Waals surface area contributed by atoms with Gasteiger partial charge in [-0.15, -0.1) is 0 Å². The van der Waals surface area contributed by atoms with Gasteiger partial charge in [0.25, 0.3) is 5.91 Å². The Morgan fingerprint density at radius 3 is 2.57 bits per heavy atom. The number of methoxy groups -OCH3 is 2. The van der Waals surface area contributed by atoms with E-state index in [0.29, 0.717) is 33.3 Å². The van der Waals surface area contributed by atoms with E-state index < -0.39 is 12.0 Å². The van der Waals surface area contributed by atoms with Gasteiger partial charge in [0.15, 0.2) is 17.3 Å². The van der Waals surface area contributed by atoms with Gasteiger partial charge in [0.2, 0.25) is 6.10 Å². The number of benzene rings is 2. The van der Waals surface area contributed by atoms with Crippen LogP contribution < -0.4 is 14.8 Å². The summed E-state index contributed by atoms with van der Waals surface area (Å²) < 4.78 is 10.4. The minimum Gasteiger partial charge on any atom is -0.493 e. The van der Waals surface area contributed by atoms with Crippen molar-refractivity contribution >= 4 is 35.2 Å². The van der Waals surface area contributed by atoms with Gasteiger partial charge in [-0.25, -0.2) is 0 Å². The molecule has 2 aromatic carbocycles. The third kappa shape index (κ3) is 5.47. The van der Waals surface area contributed by atoms with Crippen molar-refractivity contribution in [3.63, 3.8) is 0 Å². The predicted octanol–water partition coefficient (Wildman–Crippen LogP) is 3.94. The van der Waals surface area contributed by atoms with Gasteiger partial charge < -0.3 is 19.6 Å². The maximum Gasteiger partial charge on any atom is 0.267 e. The van der Waals surface area contributed by atoms with Crippen molar-refractivity contribution in [3.8, 4) is 11.5 Å². The zero-order valence-electron chi connectivity index (χ0n) is 16.0. The number of anilines is 1. The number of Topliss-reactive ketones (excluding diaryl/α,β-unsaturated/α-hetero) is 1. The summed E-state index contributed by atoms with van der Waals surface area (Å²) in [6, 6.07) is 9.96. The first-order valence-electron chi connectivity index (χ1n) is 8.38. The predicted molar refractivity (Wildman–Crippen MR) is 108 cm³/mol. The first-order chi connectivity index (χ1) is 13.3. The number of carbonyl (C=O) groups is 2. The molecule has 7 nitrogen and oxygen atoms in total. The molecule has 28 heavy (non-hydrogen) atoms. The highest BCUT2D eigenvalue weighted by Gasteiger charge is 2.15. The Hall–Kier alpha value is -3.06. The molecule has 8 heteroatoms. The van der Waals surface area contributed by atoms with Crippen LogP contribution in [0.25, 0.3) is 0 Å². The molecule has 1 unspecified atom stereocenters. The van der Waals surface area contributed by atoms with Gasteiger partial charge in [0.05, 0.1) is 25.5 Å². The first kappa shape index (κ1) is 21.2. The van der Waals surface area contributed by atoms with Crippen molar-refractivity contribution in [1.29, 1.82) is 0 Å². The Morgan fingerprint density at radius 1 is 1.18 bits per heavy atom. The minimum absolute atomic E-state index is 0.0847. The van der Waals surface area contributed by atoms with Crippen LogP contribution in [0.3, 0.4) is 0 Å². The fourth-order valence-electron chi connectivity index (χ4n) is 2.30. The zero-order chi connectivity index (χ0) is 20.7. The first-order valence-corrected chi connectivity index (χ1v) is 8.76. The average molecular weight is 405 g/mol. The van der Waals surface area contributed by atoms with Crippen molar-refractivity contribution in [3.05, 3.63) is 52.5 Å². The van der Waals surface area contributed by atoms with Crippen LogP contribution in [0.5, 0.6) is 11.5 Å². The van der Waals surface area contributed by atoms with E-state index in [-0.39, 0.29) is 5.78 Å². The Kier molecular flexibility index (Phi) is 7.40. The van der Waals surface area contributed by atoms with E-state index in [1.165, 1.54) is 27.4 Å². The van der Waals surface area contributed by atoms with E-state index in [2.05, 4.69) is 10.5 Å². The SMILES string of the molecule is COc1cc(/C=N/OC(C)C(=O)Nc2cccc(C(C)=O)c2)cc(Cl)c1OC. The number of ether oxygens (including phenoxy) is 2. The quantitative estimate of drug-likeness (QED) is 0.409. The molecule has 0 bridgehead atoms. The molecule has 0 aliphatic rings. The summed E-state index contributed by atoms with van der Waals surface area (Å²) in [5.74, 6) is 0.386. The molecule has 0 saturated carbocycles. The number of hydrogen-bond donors (Lipinski definition) is 1. The molecule has 0 heterocycles. The van der Waals surface area contributed by atoms with Crippen LogP contribution in [0.2, 0.25) is 5.02 Å². The van der Waals surface area contributed by atoms with Crippen molar-refractivity contribution < 1.29 is 23.9 Å². The van der Waals surface area contributed by atoms with E-state index in [1.54, 1.807) is 43.3 Å². The molecule has 0 fully saturated rings. The van der Waals surface area contributed by atoms with Crippen LogP contribution in [0, 0.1) is 0 Å². The highest BCUT2D eigenvalue weighted by atomic mass is 35.5. The number of ketones is 1. The van der Waals surface area contributed by atoms with E-state index in [9.17, 15) is 9.59 Å². The van der Waals surface area contributed by atoms with Gasteiger partial charge in [0.1, 0.15) is 0 Å². The average Bonchev–Trinajstić information content (AvgIpc) is 2.67. The molecule has 0 saturated heterocycles. The smallest absolute Gasteiger partial charge is 0.267 e. The Bertz CT molecular complexity index is 898. The number of nitrogens with zero attached hydrogens (tertiary/aromatic N) is 1. The van der Waals surface area contributed by atoms with Crippen molar-refractivity contribution in [2.75, 3.05) is 19.5 Å². The molecule has 0 spiro atoms. The van der Waals surface area contributed by atoms with E-state index >= 15 is 0 Å². The number of halogens is 1. The highest BCUT2D eigenvalue weighted by molar-refractivity contribution is 6.32. The number of amides is 1. The second-order valence-corrected chi connectivity index (χ2v) is 6.25. The molecule has 2 aromatic rings. The summed E-state index contributed by atoms with van der Waals surface area (Å²) in [6.07, 6.45) is 0.557. The van der Waals surface area contributed by atoms with Gasteiger partial charge >= 0.3 is 0 Å². The third-order valence-electron chi connectivity index (χ3n) is 3.78. The zero-order valence-corrected chi connectivity index (χ0v) is 16.7. The summed E-state index contributed by atoms with van der Waals surface area (Å²) in [6.45, 7) is 3.02. The van der Waals surface area contributed by atoms with E-state index in [1.807, 2.05) is 0 Å². The monoisotopic (exact) mass is 404 g/mol. The largest absolute Gasteiger partial charge is 0.493 e. The van der Waals surface area contributed by atoms with E-state index in [0.717, 1.165) is 0 Å². The number of nitrogens with one attached hydrogen (secondary N) is 1. The molecule has 1 amide bonds. The van der Waals surface area contributed by atoms with Crippen LogP contribution in [0.1, 0.15) is 29.8 Å². The van der Waals surface area contributed by atoms with Crippen molar-refractivity contribution in [2.45, 2.75) is 20.0 Å². The minimum atomic E-state index is -0.854. The van der Waals surface area contributed by atoms with Gasteiger partial charge in [-0.05, 0) is 38.1 Å². The van der Waals surface area contributed by atoms with Crippen LogP contribution in [0.15, 0.2) is 41.6 Å². The lowest BCUT2D eigenvalue weighted by atomic mass is 10.1. The summed E-state index contributed by atoms with van der Waals surface area (Å²) in [5, 5.41) is 6.87. The molecule has 0 radical (unpaired) electrons. The lowest BCUT2D eigenvalue weighted by molar-refractivity contribution is -0.126. The Balaban J connectivity index is 2.00. The lowest BCUT2D eigenvalue weighted by Gasteiger charge is -2.11. The number of hydrogen-bond acceptors (Lipinski definition) is 6. The highest BCUT2D eigenvalue weighted by Crippen LogP contribution is 2.35. The van der Waals surface area contributed by atoms with Crippen molar-refractivity contribution in [2.24, 2.45) is 5.16 Å². The summed E-state index contributed by atoms with van der Waals surface area (Å²) in [5.41, 5.74) is 1.63. The van der Waals surface area contributed by atoms with Gasteiger partial charge in [-0.2, -0.15) is 0 Å². The molecular weight excluding hydrogens is 384 g/mol.